The van der Waals surface area contributed by atoms with Gasteiger partial charge in [0.1, 0.15) is 5.65 Å². The molecule has 7 heteroatoms. The maximum Gasteiger partial charge on any atom is 0.222 e. The van der Waals surface area contributed by atoms with Gasteiger partial charge in [-0.25, -0.2) is 4.98 Å². The van der Waals surface area contributed by atoms with Crippen LogP contribution in [0, 0.1) is 6.92 Å². The number of nitrogen functional groups attached to an aromatic ring is 1. The number of nitrogens with one attached hydrogen (secondary N) is 1. The second kappa shape index (κ2) is 5.34. The minimum absolute atomic E-state index is 0.266. The number of anilines is 1. The molecule has 0 aromatic carbocycles. The molecule has 0 bridgehead atoms. The SMILES string of the molecule is Cc1c(-c2nc(N)nc3[nH]ccc23)cnn1[C@H]1CCO[C@@H](C)C1. The molecule has 4 heterocycles. The number of aromatic amines is 1. The summed E-state index contributed by atoms with van der Waals surface area (Å²) in [5.74, 6) is 0.266. The van der Waals surface area contributed by atoms with E-state index in [0.29, 0.717) is 6.04 Å². The molecule has 3 aromatic heterocycles. The van der Waals surface area contributed by atoms with Crippen LogP contribution in [0.1, 0.15) is 31.5 Å². The molecule has 23 heavy (non-hydrogen) atoms. The van der Waals surface area contributed by atoms with Gasteiger partial charge in [0.2, 0.25) is 5.95 Å². The highest BCUT2D eigenvalue weighted by Crippen LogP contribution is 2.32. The van der Waals surface area contributed by atoms with Crippen molar-refractivity contribution in [2.24, 2.45) is 0 Å². The van der Waals surface area contributed by atoms with E-state index in [-0.39, 0.29) is 12.1 Å². The van der Waals surface area contributed by atoms with E-state index in [1.165, 1.54) is 0 Å². The molecule has 1 saturated heterocycles. The Morgan fingerprint density at radius 1 is 1.39 bits per heavy atom. The molecule has 1 aliphatic heterocycles. The van der Waals surface area contributed by atoms with Gasteiger partial charge in [-0.3, -0.25) is 4.68 Å². The van der Waals surface area contributed by atoms with E-state index in [1.54, 1.807) is 0 Å². The highest BCUT2D eigenvalue weighted by molar-refractivity contribution is 5.91. The molecule has 2 atom stereocenters. The van der Waals surface area contributed by atoms with Gasteiger partial charge in [-0.05, 0) is 32.8 Å². The molecule has 0 radical (unpaired) electrons. The largest absolute Gasteiger partial charge is 0.378 e. The number of nitrogens with zero attached hydrogens (tertiary/aromatic N) is 4. The fourth-order valence-corrected chi connectivity index (χ4v) is 3.38. The van der Waals surface area contributed by atoms with Crippen LogP contribution in [0.25, 0.3) is 22.3 Å². The Morgan fingerprint density at radius 2 is 2.26 bits per heavy atom. The summed E-state index contributed by atoms with van der Waals surface area (Å²) < 4.78 is 7.74. The minimum atomic E-state index is 0.266. The third-order valence-corrected chi connectivity index (χ3v) is 4.54. The van der Waals surface area contributed by atoms with Gasteiger partial charge >= 0.3 is 0 Å². The molecule has 3 aromatic rings. The summed E-state index contributed by atoms with van der Waals surface area (Å²) in [7, 11) is 0. The average molecular weight is 312 g/mol. The molecule has 120 valence electrons. The standard InChI is InChI=1S/C16H20N6O/c1-9-7-11(4-6-23-9)22-10(2)13(8-19-22)14-12-3-5-18-15(12)21-16(17)20-14/h3,5,8-9,11H,4,6-7H2,1-2H3,(H3,17,18,20,21)/t9-,11-/m0/s1. The summed E-state index contributed by atoms with van der Waals surface area (Å²) in [5.41, 5.74) is 9.54. The first-order valence-corrected chi connectivity index (χ1v) is 7.90. The summed E-state index contributed by atoms with van der Waals surface area (Å²) in [6.07, 6.45) is 5.96. The van der Waals surface area contributed by atoms with E-state index in [2.05, 4.69) is 38.6 Å². The molecule has 0 spiro atoms. The fraction of sp³-hybridized carbons (Fsp3) is 0.438. The van der Waals surface area contributed by atoms with Gasteiger partial charge in [-0.1, -0.05) is 0 Å². The van der Waals surface area contributed by atoms with E-state index >= 15 is 0 Å². The molecule has 0 unspecified atom stereocenters. The third kappa shape index (κ3) is 2.37. The first-order valence-electron chi connectivity index (χ1n) is 7.90. The van der Waals surface area contributed by atoms with Crippen molar-refractivity contribution in [2.75, 3.05) is 12.3 Å². The van der Waals surface area contributed by atoms with Crippen molar-refractivity contribution in [3.05, 3.63) is 24.2 Å². The van der Waals surface area contributed by atoms with E-state index in [9.17, 15) is 0 Å². The van der Waals surface area contributed by atoms with Crippen molar-refractivity contribution in [3.8, 4) is 11.3 Å². The van der Waals surface area contributed by atoms with E-state index < -0.39 is 0 Å². The maximum atomic E-state index is 5.85. The van der Waals surface area contributed by atoms with Crippen molar-refractivity contribution in [3.63, 3.8) is 0 Å². The van der Waals surface area contributed by atoms with Crippen molar-refractivity contribution in [2.45, 2.75) is 38.8 Å². The smallest absolute Gasteiger partial charge is 0.222 e. The molecule has 1 aliphatic rings. The number of nitrogens with two attached hydrogens (primary N) is 1. The molecule has 0 amide bonds. The topological polar surface area (TPSA) is 94.6 Å². The van der Waals surface area contributed by atoms with Crippen LogP contribution in [-0.4, -0.2) is 37.4 Å². The average Bonchev–Trinajstić information content (AvgIpc) is 3.13. The van der Waals surface area contributed by atoms with Crippen LogP contribution in [0.4, 0.5) is 5.95 Å². The van der Waals surface area contributed by atoms with Gasteiger partial charge in [-0.2, -0.15) is 10.1 Å². The predicted molar refractivity (Wildman–Crippen MR) is 87.9 cm³/mol. The molecule has 4 rings (SSSR count). The second-order valence-electron chi connectivity index (χ2n) is 6.12. The van der Waals surface area contributed by atoms with Gasteiger partial charge in [-0.15, -0.1) is 0 Å². The lowest BCUT2D eigenvalue weighted by Gasteiger charge is -2.28. The second-order valence-corrected chi connectivity index (χ2v) is 6.12. The van der Waals surface area contributed by atoms with Crippen LogP contribution in [0.2, 0.25) is 0 Å². The highest BCUT2D eigenvalue weighted by Gasteiger charge is 2.24. The molecule has 0 saturated carbocycles. The third-order valence-electron chi connectivity index (χ3n) is 4.54. The fourth-order valence-electron chi connectivity index (χ4n) is 3.38. The predicted octanol–water partition coefficient (Wildman–Crippen LogP) is 2.45. The quantitative estimate of drug-likeness (QED) is 0.758. The summed E-state index contributed by atoms with van der Waals surface area (Å²) in [6.45, 7) is 4.97. The zero-order valence-corrected chi connectivity index (χ0v) is 13.3. The number of hydrogen-bond acceptors (Lipinski definition) is 5. The summed E-state index contributed by atoms with van der Waals surface area (Å²) >= 11 is 0. The zero-order chi connectivity index (χ0) is 16.0. The van der Waals surface area contributed by atoms with Crippen molar-refractivity contribution >= 4 is 17.0 Å². The lowest BCUT2D eigenvalue weighted by atomic mass is 10.0. The molecular formula is C16H20N6O. The molecular weight excluding hydrogens is 292 g/mol. The molecule has 7 nitrogen and oxygen atoms in total. The number of H-pyrrole nitrogens is 1. The van der Waals surface area contributed by atoms with Crippen LogP contribution in [-0.2, 0) is 4.74 Å². The zero-order valence-electron chi connectivity index (χ0n) is 13.3. The van der Waals surface area contributed by atoms with Crippen LogP contribution in [0.15, 0.2) is 18.5 Å². The van der Waals surface area contributed by atoms with E-state index in [4.69, 9.17) is 10.5 Å². The first-order chi connectivity index (χ1) is 11.1. The number of hydrogen-bond donors (Lipinski definition) is 2. The Hall–Kier alpha value is -2.41. The minimum Gasteiger partial charge on any atom is -0.378 e. The normalized spacial score (nSPS) is 21.8. The summed E-state index contributed by atoms with van der Waals surface area (Å²) in [4.78, 5) is 11.8. The van der Waals surface area contributed by atoms with Gasteiger partial charge in [0.25, 0.3) is 0 Å². The summed E-state index contributed by atoms with van der Waals surface area (Å²) in [5, 5.41) is 5.58. The maximum absolute atomic E-state index is 5.85. The Morgan fingerprint density at radius 3 is 3.09 bits per heavy atom. The van der Waals surface area contributed by atoms with E-state index in [1.807, 2.05) is 18.5 Å². The van der Waals surface area contributed by atoms with Crippen LogP contribution in [0.3, 0.4) is 0 Å². The van der Waals surface area contributed by atoms with Crippen molar-refractivity contribution < 1.29 is 4.74 Å². The molecule has 0 aliphatic carbocycles. The lowest BCUT2D eigenvalue weighted by molar-refractivity contribution is 0.00312. The van der Waals surface area contributed by atoms with Crippen LogP contribution >= 0.6 is 0 Å². The Kier molecular flexibility index (Phi) is 3.30. The Balaban J connectivity index is 1.79. The molecule has 3 N–H and O–H groups in total. The first kappa shape index (κ1) is 14.2. The monoisotopic (exact) mass is 312 g/mol. The molecule has 1 fully saturated rings. The number of fused-ring (bicyclic) bond motifs is 1. The van der Waals surface area contributed by atoms with Crippen molar-refractivity contribution in [1.29, 1.82) is 0 Å². The van der Waals surface area contributed by atoms with Gasteiger partial charge in [0, 0.05) is 29.4 Å². The van der Waals surface area contributed by atoms with Crippen LogP contribution in [0.5, 0.6) is 0 Å². The lowest BCUT2D eigenvalue weighted by Crippen LogP contribution is -2.26. The number of ether oxygens (including phenoxy) is 1. The Bertz CT molecular complexity index is 851. The van der Waals surface area contributed by atoms with Gasteiger partial charge < -0.3 is 15.5 Å². The Labute approximate surface area is 133 Å². The van der Waals surface area contributed by atoms with Gasteiger partial charge in [0.15, 0.2) is 0 Å². The van der Waals surface area contributed by atoms with E-state index in [0.717, 1.165) is 47.4 Å². The van der Waals surface area contributed by atoms with Crippen LogP contribution < -0.4 is 5.73 Å². The number of aromatic nitrogens is 5. The summed E-state index contributed by atoms with van der Waals surface area (Å²) in [6, 6.07) is 2.34. The van der Waals surface area contributed by atoms with Gasteiger partial charge in [0.05, 0.1) is 24.0 Å². The highest BCUT2D eigenvalue weighted by atomic mass is 16.5. The number of rotatable bonds is 2. The van der Waals surface area contributed by atoms with Crippen molar-refractivity contribution in [1.82, 2.24) is 24.7 Å².